The molecule has 3 aromatic rings. The van der Waals surface area contributed by atoms with E-state index in [0.29, 0.717) is 17.5 Å². The highest BCUT2D eigenvalue weighted by Crippen LogP contribution is 2.22. The minimum atomic E-state index is -1.64. The van der Waals surface area contributed by atoms with Crippen molar-refractivity contribution < 1.29 is 78.0 Å². The Kier molecular flexibility index (Phi) is 29.0. The van der Waals surface area contributed by atoms with Crippen LogP contribution in [0.3, 0.4) is 0 Å². The lowest BCUT2D eigenvalue weighted by Crippen LogP contribution is -2.60. The Bertz CT molecular complexity index is 3080. The number of H-pyrrole nitrogens is 1. The van der Waals surface area contributed by atoms with Crippen molar-refractivity contribution in [1.29, 1.82) is 0 Å². The number of nitrogens with one attached hydrogen (secondary N) is 11. The lowest BCUT2D eigenvalue weighted by molar-refractivity contribution is -0.142. The van der Waals surface area contributed by atoms with E-state index in [4.69, 9.17) is 17.2 Å². The first-order valence-corrected chi connectivity index (χ1v) is 29.8. The molecule has 21 N–H and O–H groups in total. The number of carboxylic acid groups (broad SMARTS) is 1. The normalized spacial score (nSPS) is 16.2. The number of carboxylic acids is 1. The van der Waals surface area contributed by atoms with Crippen molar-refractivity contribution in [2.75, 3.05) is 32.8 Å². The second-order valence-corrected chi connectivity index (χ2v) is 23.0. The van der Waals surface area contributed by atoms with Crippen LogP contribution < -0.4 is 70.4 Å². The third kappa shape index (κ3) is 23.2. The number of aliphatic carboxylic acids is 1. The quantitative estimate of drug-likeness (QED) is 0.0150. The zero-order valence-corrected chi connectivity index (χ0v) is 52.0. The summed E-state index contributed by atoms with van der Waals surface area (Å²) in [4.78, 5) is 169. The smallest absolute Gasteiger partial charge is 0.326 e. The number of carbonyl (C=O) groups is 12. The molecule has 0 bridgehead atoms. The number of rotatable bonds is 35. The van der Waals surface area contributed by atoms with E-state index >= 15 is 0 Å². The molecule has 0 radical (unpaired) electrons. The second-order valence-electron chi connectivity index (χ2n) is 23.0. The molecule has 91 heavy (non-hydrogen) atoms. The Morgan fingerprint density at radius 3 is 1.79 bits per heavy atom. The Labute approximate surface area is 525 Å². The topological polar surface area (TPSA) is 516 Å². The lowest BCUT2D eigenvalue weighted by Gasteiger charge is -2.30. The van der Waals surface area contributed by atoms with Crippen LogP contribution in [-0.4, -0.2) is 207 Å². The van der Waals surface area contributed by atoms with Crippen molar-refractivity contribution in [3.05, 3.63) is 65.9 Å². The third-order valence-corrected chi connectivity index (χ3v) is 14.8. The summed E-state index contributed by atoms with van der Waals surface area (Å²) in [5, 5.41) is 64.8. The van der Waals surface area contributed by atoms with Gasteiger partial charge < -0.3 is 101 Å². The number of aliphatic hydroxyl groups is 2. The van der Waals surface area contributed by atoms with Crippen molar-refractivity contribution in [2.24, 2.45) is 34.0 Å². The largest absolute Gasteiger partial charge is 0.508 e. The number of phenolic OH excluding ortho intramolecular Hbond substituents is 1. The number of carbonyl (C=O) groups excluding carboxylic acids is 11. The molecule has 32 nitrogen and oxygen atoms in total. The number of fused-ring (bicyclic) bond motifs is 1. The molecule has 1 saturated heterocycles. The number of likely N-dealkylation sites (tertiary alicyclic amines) is 1. The molecule has 32 heteroatoms. The molecule has 1 fully saturated rings. The summed E-state index contributed by atoms with van der Waals surface area (Å²) in [7, 11) is 0. The third-order valence-electron chi connectivity index (χ3n) is 14.8. The second kappa shape index (κ2) is 35.7. The Hall–Kier alpha value is -9.43. The number of aliphatic imine (C=N–C) groups is 1. The van der Waals surface area contributed by atoms with E-state index in [1.54, 1.807) is 40.0 Å². The number of phenols is 1. The van der Waals surface area contributed by atoms with Crippen LogP contribution in [0.1, 0.15) is 91.7 Å². The molecular formula is C59H88N16O16. The molecule has 2 aromatic carbocycles. The van der Waals surface area contributed by atoms with Gasteiger partial charge in [0.05, 0.1) is 19.8 Å². The standard InChI is InChI=1S/C59H88N16O16/c1-29(2)22-41(71-53(85)42(70-51(83)38(60)27-76)24-35-25-64-39-13-9-8-12-37(35)39)52(84)67-33(7)49(81)72-43(23-34-16-18-36(78)19-17-34)57(89)75-21-11-15-45(75)55(87)65-26-46(79)66-31(5)50(82)74-47(30(3)4)56(88)73-44(28-77)54(86)68-32(6)48(80)69-40(58(90)91)14-10-20-63-59(61)62/h8-9,12-13,16-19,25,29-33,38,40-45,47,64,76-78H,10-11,14-15,20-24,26-28,60H2,1-7H3,(H,65,87)(H,66,79)(H,67,84)(H,68,86)(H,69,80)(H,70,83)(H,71,85)(H,72,81)(H,73,88)(H,74,82)(H,90,91)(H4,61,62,63)/t31-,32-,33-,38-,40-,41-,42-,43-,44-,45-,47-/m0/s1. The first-order valence-electron chi connectivity index (χ1n) is 29.8. The van der Waals surface area contributed by atoms with Gasteiger partial charge in [-0.3, -0.25) is 57.7 Å². The van der Waals surface area contributed by atoms with Crippen molar-refractivity contribution in [2.45, 2.75) is 160 Å². The van der Waals surface area contributed by atoms with Gasteiger partial charge in [-0.2, -0.15) is 0 Å². The van der Waals surface area contributed by atoms with E-state index in [-0.39, 0.29) is 69.2 Å². The van der Waals surface area contributed by atoms with E-state index in [9.17, 15) is 78.0 Å². The number of aromatic amines is 1. The highest BCUT2D eigenvalue weighted by atomic mass is 16.4. The fraction of sp³-hybridized carbons (Fsp3) is 0.542. The molecular weight excluding hydrogens is 1190 g/mol. The monoisotopic (exact) mass is 1280 g/mol. The molecule has 0 spiro atoms. The number of hydrogen-bond acceptors (Lipinski definition) is 17. The van der Waals surface area contributed by atoms with Gasteiger partial charge >= 0.3 is 5.97 Å². The fourth-order valence-corrected chi connectivity index (χ4v) is 9.66. The maximum atomic E-state index is 14.5. The van der Waals surface area contributed by atoms with Gasteiger partial charge in [0.1, 0.15) is 72.2 Å². The van der Waals surface area contributed by atoms with Gasteiger partial charge in [-0.05, 0) is 94.0 Å². The zero-order chi connectivity index (χ0) is 67.8. The molecule has 1 aromatic heterocycles. The van der Waals surface area contributed by atoms with Crippen LogP contribution >= 0.6 is 0 Å². The molecule has 1 aliphatic rings. The Morgan fingerprint density at radius 1 is 0.637 bits per heavy atom. The first-order chi connectivity index (χ1) is 42.9. The molecule has 2 heterocycles. The van der Waals surface area contributed by atoms with Gasteiger partial charge in [0, 0.05) is 43.0 Å². The summed E-state index contributed by atoms with van der Waals surface area (Å²) in [5.41, 5.74) is 18.3. The van der Waals surface area contributed by atoms with E-state index < -0.39 is 163 Å². The maximum absolute atomic E-state index is 14.5. The number of aromatic hydroxyl groups is 1. The Balaban J connectivity index is 1.37. The van der Waals surface area contributed by atoms with Gasteiger partial charge in [-0.1, -0.05) is 58.0 Å². The number of para-hydroxylation sites is 1. The number of nitrogens with two attached hydrogens (primary N) is 3. The van der Waals surface area contributed by atoms with E-state index in [1.807, 2.05) is 18.2 Å². The van der Waals surface area contributed by atoms with Gasteiger partial charge in [0.25, 0.3) is 0 Å². The minimum Gasteiger partial charge on any atom is -0.508 e. The molecule has 4 rings (SSSR count). The number of guanidine groups is 1. The van der Waals surface area contributed by atoms with E-state index in [0.717, 1.165) is 10.9 Å². The summed E-state index contributed by atoms with van der Waals surface area (Å²) in [6.45, 7) is 8.45. The van der Waals surface area contributed by atoms with Crippen LogP contribution in [-0.2, 0) is 70.4 Å². The first kappa shape index (κ1) is 74.0. The van der Waals surface area contributed by atoms with Crippen LogP contribution in [0.2, 0.25) is 0 Å². The summed E-state index contributed by atoms with van der Waals surface area (Å²) in [5.74, 6) is -11.6. The van der Waals surface area contributed by atoms with Gasteiger partial charge in [0.2, 0.25) is 65.0 Å². The van der Waals surface area contributed by atoms with Crippen LogP contribution in [0.15, 0.2) is 59.7 Å². The summed E-state index contributed by atoms with van der Waals surface area (Å²) < 4.78 is 0. The predicted molar refractivity (Wildman–Crippen MR) is 330 cm³/mol. The highest BCUT2D eigenvalue weighted by molar-refractivity contribution is 5.99. The van der Waals surface area contributed by atoms with Gasteiger partial charge in [-0.25, -0.2) is 4.79 Å². The van der Waals surface area contributed by atoms with Crippen molar-refractivity contribution in [3.8, 4) is 5.75 Å². The highest BCUT2D eigenvalue weighted by Gasteiger charge is 2.40. The van der Waals surface area contributed by atoms with E-state index in [1.165, 1.54) is 49.9 Å². The number of benzene rings is 2. The van der Waals surface area contributed by atoms with Crippen molar-refractivity contribution >= 4 is 87.8 Å². The number of nitrogens with zero attached hydrogens (tertiary/aromatic N) is 2. The van der Waals surface area contributed by atoms with Crippen LogP contribution in [0.4, 0.5) is 0 Å². The summed E-state index contributed by atoms with van der Waals surface area (Å²) in [6.07, 6.45) is 2.23. The zero-order valence-electron chi connectivity index (χ0n) is 52.0. The molecule has 1 aliphatic heterocycles. The van der Waals surface area contributed by atoms with Gasteiger partial charge in [-0.15, -0.1) is 0 Å². The number of aliphatic hydroxyl groups excluding tert-OH is 2. The molecule has 11 atom stereocenters. The average Bonchev–Trinajstić information content (AvgIpc) is 1.79. The molecule has 500 valence electrons. The molecule has 11 amide bonds. The summed E-state index contributed by atoms with van der Waals surface area (Å²) >= 11 is 0. The average molecular weight is 1280 g/mol. The van der Waals surface area contributed by atoms with Crippen LogP contribution in [0.5, 0.6) is 5.75 Å². The van der Waals surface area contributed by atoms with E-state index in [2.05, 4.69) is 63.1 Å². The van der Waals surface area contributed by atoms with Crippen molar-refractivity contribution in [3.63, 3.8) is 0 Å². The maximum Gasteiger partial charge on any atom is 0.326 e. The lowest BCUT2D eigenvalue weighted by atomic mass is 10.00. The van der Waals surface area contributed by atoms with Crippen molar-refractivity contribution in [1.82, 2.24) is 63.1 Å². The van der Waals surface area contributed by atoms with Crippen LogP contribution in [0.25, 0.3) is 10.9 Å². The molecule has 0 unspecified atom stereocenters. The van der Waals surface area contributed by atoms with Gasteiger partial charge in [0.15, 0.2) is 5.96 Å². The number of hydrogen-bond donors (Lipinski definition) is 18. The van der Waals surface area contributed by atoms with Crippen LogP contribution in [0, 0.1) is 11.8 Å². The number of amides is 11. The molecule has 0 saturated carbocycles. The minimum absolute atomic E-state index is 0.0333. The predicted octanol–water partition coefficient (Wildman–Crippen LogP) is -4.66. The summed E-state index contributed by atoms with van der Waals surface area (Å²) in [6, 6.07) is -1.59. The SMILES string of the molecule is CC(C)C[C@H](NC(=O)[C@H](Cc1c[nH]c2ccccc12)NC(=O)[C@@H](N)CO)C(=O)N[C@@H](C)C(=O)N[C@@H](Cc1ccc(O)cc1)C(=O)N1CCC[C@H]1C(=O)NCC(=O)N[C@@H](C)C(=O)N[C@H](C(=O)N[C@@H](CO)C(=O)N[C@@H](C)C(=O)N[C@@H](CCCN=C(N)N)C(=O)O)C(C)C. The fourth-order valence-electron chi connectivity index (χ4n) is 9.66. The number of aromatic nitrogens is 1. The molecule has 0 aliphatic carbocycles. The Morgan fingerprint density at radius 2 is 1.20 bits per heavy atom.